The number of rotatable bonds is 3. The van der Waals surface area contributed by atoms with Crippen LogP contribution in [0.25, 0.3) is 10.8 Å². The van der Waals surface area contributed by atoms with Crippen LogP contribution in [0.3, 0.4) is 0 Å². The first-order valence-corrected chi connectivity index (χ1v) is 9.88. The number of nitrogens with zero attached hydrogens (tertiary/aromatic N) is 2. The lowest BCUT2D eigenvalue weighted by atomic mass is 9.91. The number of hydrogen-bond acceptors (Lipinski definition) is 4. The second-order valence-corrected chi connectivity index (χ2v) is 7.97. The highest BCUT2D eigenvalue weighted by atomic mass is 35.5. The summed E-state index contributed by atoms with van der Waals surface area (Å²) in [5.74, 6) is 0.688. The summed E-state index contributed by atoms with van der Waals surface area (Å²) in [5, 5.41) is 1.97. The summed E-state index contributed by atoms with van der Waals surface area (Å²) in [6, 6.07) is 6.17. The third kappa shape index (κ3) is 3.75. The summed E-state index contributed by atoms with van der Waals surface area (Å²) in [4.78, 5) is 19.6. The van der Waals surface area contributed by atoms with Crippen LogP contribution in [0.15, 0.2) is 29.2 Å². The molecule has 2 aromatic rings. The van der Waals surface area contributed by atoms with Gasteiger partial charge in [0, 0.05) is 43.8 Å². The van der Waals surface area contributed by atoms with E-state index in [1.165, 1.54) is 39.0 Å². The molecular weight excluding hydrogens is 350 g/mol. The zero-order valence-electron chi connectivity index (χ0n) is 15.2. The van der Waals surface area contributed by atoms with Gasteiger partial charge in [0.05, 0.1) is 11.1 Å². The minimum Gasteiger partial charge on any atom is -0.489 e. The second-order valence-electron chi connectivity index (χ2n) is 7.56. The van der Waals surface area contributed by atoms with Gasteiger partial charge in [-0.1, -0.05) is 11.6 Å². The molecule has 0 unspecified atom stereocenters. The van der Waals surface area contributed by atoms with Crippen LogP contribution in [-0.4, -0.2) is 60.2 Å². The van der Waals surface area contributed by atoms with Crippen molar-refractivity contribution in [2.24, 2.45) is 0 Å². The highest BCUT2D eigenvalue weighted by molar-refractivity contribution is 6.32. The van der Waals surface area contributed by atoms with Crippen LogP contribution in [0.1, 0.15) is 25.7 Å². The van der Waals surface area contributed by atoms with Crippen molar-refractivity contribution in [3.05, 3.63) is 39.8 Å². The Kier molecular flexibility index (Phi) is 5.20. The van der Waals surface area contributed by atoms with E-state index < -0.39 is 0 Å². The number of nitrogens with one attached hydrogen (secondary N) is 1. The maximum atomic E-state index is 11.9. The molecule has 0 spiro atoms. The lowest BCUT2D eigenvalue weighted by Crippen LogP contribution is -2.50. The number of aromatic amines is 1. The molecule has 1 aromatic carbocycles. The van der Waals surface area contributed by atoms with E-state index in [9.17, 15) is 4.79 Å². The van der Waals surface area contributed by atoms with Gasteiger partial charge in [-0.3, -0.25) is 9.69 Å². The van der Waals surface area contributed by atoms with Crippen LogP contribution in [0, 0.1) is 0 Å². The molecule has 26 heavy (non-hydrogen) atoms. The van der Waals surface area contributed by atoms with Crippen LogP contribution < -0.4 is 10.3 Å². The summed E-state index contributed by atoms with van der Waals surface area (Å²) >= 11 is 6.37. The fourth-order valence-corrected chi connectivity index (χ4v) is 4.38. The van der Waals surface area contributed by atoms with Gasteiger partial charge in [-0.2, -0.15) is 0 Å². The quantitative estimate of drug-likeness (QED) is 0.895. The summed E-state index contributed by atoms with van der Waals surface area (Å²) in [7, 11) is 2.20. The number of likely N-dealkylation sites (N-methyl/N-ethyl adjacent to an activating group) is 1. The van der Waals surface area contributed by atoms with E-state index in [0.29, 0.717) is 22.2 Å². The minimum atomic E-state index is -0.122. The number of halogens is 1. The molecule has 140 valence electrons. The molecule has 0 atom stereocenters. The molecule has 5 nitrogen and oxygen atoms in total. The first-order chi connectivity index (χ1) is 12.6. The topological polar surface area (TPSA) is 48.6 Å². The lowest BCUT2D eigenvalue weighted by Gasteiger charge is -2.41. The first kappa shape index (κ1) is 17.8. The first-order valence-electron chi connectivity index (χ1n) is 9.50. The predicted molar refractivity (Wildman–Crippen MR) is 105 cm³/mol. The standard InChI is InChI=1S/C20H26ClN3O2/c1-23-8-10-24(11-9-23)15-2-4-16(5-3-15)26-19-12-14-6-7-22-20(25)17(14)13-18(19)21/h6-7,12-13,15-16H,2-5,8-11H2,1H3,(H,22,25). The number of ether oxygens (including phenoxy) is 1. The van der Waals surface area contributed by atoms with E-state index in [0.717, 1.165) is 18.2 Å². The van der Waals surface area contributed by atoms with E-state index in [4.69, 9.17) is 16.3 Å². The Bertz CT molecular complexity index is 821. The van der Waals surface area contributed by atoms with Crippen molar-refractivity contribution in [1.82, 2.24) is 14.8 Å². The zero-order chi connectivity index (χ0) is 18.1. The van der Waals surface area contributed by atoms with Crippen LogP contribution in [0.5, 0.6) is 5.75 Å². The van der Waals surface area contributed by atoms with Crippen molar-refractivity contribution in [3.8, 4) is 5.75 Å². The van der Waals surface area contributed by atoms with Crippen molar-refractivity contribution in [2.75, 3.05) is 33.2 Å². The molecule has 6 heteroatoms. The van der Waals surface area contributed by atoms with Crippen molar-refractivity contribution in [3.63, 3.8) is 0 Å². The Morgan fingerprint density at radius 1 is 1.12 bits per heavy atom. The Morgan fingerprint density at radius 3 is 2.58 bits per heavy atom. The van der Waals surface area contributed by atoms with E-state index in [1.54, 1.807) is 12.3 Å². The number of aromatic nitrogens is 1. The van der Waals surface area contributed by atoms with Gasteiger partial charge < -0.3 is 14.6 Å². The van der Waals surface area contributed by atoms with Crippen molar-refractivity contribution >= 4 is 22.4 Å². The van der Waals surface area contributed by atoms with Crippen molar-refractivity contribution in [2.45, 2.75) is 37.8 Å². The van der Waals surface area contributed by atoms with Gasteiger partial charge in [-0.05, 0) is 56.3 Å². The van der Waals surface area contributed by atoms with E-state index in [1.807, 2.05) is 12.1 Å². The van der Waals surface area contributed by atoms with Gasteiger partial charge in [0.25, 0.3) is 5.56 Å². The van der Waals surface area contributed by atoms with Gasteiger partial charge >= 0.3 is 0 Å². The molecule has 2 fully saturated rings. The summed E-state index contributed by atoms with van der Waals surface area (Å²) < 4.78 is 6.22. The van der Waals surface area contributed by atoms with Crippen molar-refractivity contribution < 1.29 is 4.74 Å². The summed E-state index contributed by atoms with van der Waals surface area (Å²) in [6.07, 6.45) is 6.33. The number of benzene rings is 1. The summed E-state index contributed by atoms with van der Waals surface area (Å²) in [5.41, 5.74) is -0.122. The molecule has 1 N–H and O–H groups in total. The van der Waals surface area contributed by atoms with Gasteiger partial charge in [-0.15, -0.1) is 0 Å². The highest BCUT2D eigenvalue weighted by Gasteiger charge is 2.28. The largest absolute Gasteiger partial charge is 0.489 e. The van der Waals surface area contributed by atoms with Gasteiger partial charge in [0.2, 0.25) is 0 Å². The zero-order valence-corrected chi connectivity index (χ0v) is 16.0. The molecule has 0 radical (unpaired) electrons. The smallest absolute Gasteiger partial charge is 0.255 e. The number of H-pyrrole nitrogens is 1. The SMILES string of the molecule is CN1CCN(C2CCC(Oc3cc4cc[nH]c(=O)c4cc3Cl)CC2)CC1. The third-order valence-electron chi connectivity index (χ3n) is 5.82. The fraction of sp³-hybridized carbons (Fsp3) is 0.550. The predicted octanol–water partition coefficient (Wildman–Crippen LogP) is 3.12. The Morgan fingerprint density at radius 2 is 1.85 bits per heavy atom. The third-order valence-corrected chi connectivity index (χ3v) is 6.11. The van der Waals surface area contributed by atoms with E-state index in [2.05, 4.69) is 21.8 Å². The number of fused-ring (bicyclic) bond motifs is 1. The van der Waals surface area contributed by atoms with Crippen LogP contribution >= 0.6 is 11.6 Å². The fourth-order valence-electron chi connectivity index (χ4n) is 4.17. The normalized spacial score (nSPS) is 25.5. The average Bonchev–Trinajstić information content (AvgIpc) is 2.65. The van der Waals surface area contributed by atoms with Crippen LogP contribution in [0.4, 0.5) is 0 Å². The van der Waals surface area contributed by atoms with E-state index in [-0.39, 0.29) is 11.7 Å². The molecule has 1 aromatic heterocycles. The molecule has 1 saturated carbocycles. The molecule has 1 aliphatic carbocycles. The molecule has 1 aliphatic heterocycles. The molecular formula is C20H26ClN3O2. The maximum Gasteiger partial charge on any atom is 0.255 e. The lowest BCUT2D eigenvalue weighted by molar-refractivity contribution is 0.0586. The Hall–Kier alpha value is -1.56. The van der Waals surface area contributed by atoms with Gasteiger partial charge in [-0.25, -0.2) is 0 Å². The Labute approximate surface area is 158 Å². The average molecular weight is 376 g/mol. The molecule has 2 aliphatic rings. The Balaban J connectivity index is 1.39. The summed E-state index contributed by atoms with van der Waals surface area (Å²) in [6.45, 7) is 4.69. The molecule has 1 saturated heterocycles. The number of pyridine rings is 1. The van der Waals surface area contributed by atoms with Gasteiger partial charge in [0.1, 0.15) is 5.75 Å². The molecule has 4 rings (SSSR count). The van der Waals surface area contributed by atoms with Crippen LogP contribution in [-0.2, 0) is 0 Å². The monoisotopic (exact) mass is 375 g/mol. The molecule has 0 amide bonds. The van der Waals surface area contributed by atoms with Crippen molar-refractivity contribution in [1.29, 1.82) is 0 Å². The highest BCUT2D eigenvalue weighted by Crippen LogP contribution is 2.33. The van der Waals surface area contributed by atoms with Crippen LogP contribution in [0.2, 0.25) is 5.02 Å². The van der Waals surface area contributed by atoms with E-state index >= 15 is 0 Å². The number of hydrogen-bond donors (Lipinski definition) is 1. The molecule has 2 heterocycles. The molecule has 0 bridgehead atoms. The second kappa shape index (κ2) is 7.59. The minimum absolute atomic E-state index is 0.122. The maximum absolute atomic E-state index is 11.9. The number of piperazine rings is 1. The van der Waals surface area contributed by atoms with Gasteiger partial charge in [0.15, 0.2) is 0 Å².